The lowest BCUT2D eigenvalue weighted by atomic mass is 9.85. The molecule has 8 rings (SSSR count). The molecule has 0 aromatic heterocycles. The van der Waals surface area contributed by atoms with E-state index in [0.717, 1.165) is 91.8 Å². The second-order valence-electron chi connectivity index (χ2n) is 31.4. The van der Waals surface area contributed by atoms with Crippen molar-refractivity contribution in [3.05, 3.63) is 235 Å². The third-order valence-corrected chi connectivity index (χ3v) is 17.9. The Hall–Kier alpha value is -11.5. The van der Waals surface area contributed by atoms with Crippen molar-refractivity contribution in [3.63, 3.8) is 0 Å². The molecule has 0 aliphatic heterocycles. The molecule has 0 spiro atoms. The van der Waals surface area contributed by atoms with Crippen LogP contribution in [0.3, 0.4) is 0 Å². The average Bonchev–Trinajstić information content (AvgIpc) is 0.833. The molecule has 0 saturated carbocycles. The first-order chi connectivity index (χ1) is 55.7. The van der Waals surface area contributed by atoms with E-state index in [0.29, 0.717) is 51.0 Å². The number of amides is 8. The molecule has 26 heteroatoms. The number of carbonyl (C=O) groups excluding carboxylic acids is 8. The van der Waals surface area contributed by atoms with Gasteiger partial charge >= 0.3 is 0 Å². The van der Waals surface area contributed by atoms with Gasteiger partial charge in [0.1, 0.15) is 0 Å². The highest BCUT2D eigenvalue weighted by Gasteiger charge is 2.22. The van der Waals surface area contributed by atoms with Crippen LogP contribution in [0.5, 0.6) is 0 Å². The number of halogens is 2. The topological polar surface area (TPSA) is 294 Å². The molecule has 0 saturated heterocycles. The summed E-state index contributed by atoms with van der Waals surface area (Å²) in [5.41, 5.74) is 17.5. The third kappa shape index (κ3) is 38.6. The average molecular weight is 1680 g/mol. The Bertz CT molecular complexity index is 4520. The van der Waals surface area contributed by atoms with E-state index >= 15 is 0 Å². The minimum atomic E-state index is -0.140. The molecule has 0 fully saturated rings. The molecule has 0 aliphatic carbocycles. The molecule has 650 valence electrons. The van der Waals surface area contributed by atoms with Crippen molar-refractivity contribution in [1.29, 1.82) is 0 Å². The molecule has 24 nitrogen and oxygen atoms in total. The zero-order valence-electron chi connectivity index (χ0n) is 76.2. The van der Waals surface area contributed by atoms with E-state index in [1.807, 2.05) is 185 Å². The number of anilines is 8. The van der Waals surface area contributed by atoms with E-state index < -0.39 is 0 Å². The molecule has 0 bridgehead atoms. The fraction of sp³-hybridized carbons (Fsp3) is 0.398. The lowest BCUT2D eigenvalue weighted by Gasteiger charge is -2.23. The summed E-state index contributed by atoms with van der Waals surface area (Å²) < 4.78 is 0. The van der Waals surface area contributed by atoms with Gasteiger partial charge in [-0.15, -0.1) is 0 Å². The Balaban J connectivity index is 0.000000682. The normalized spacial score (nSPS) is 10.3. The standard InChI is InChI=1S/C16H26N2O.C14H22N2O.C13H20N2O.C11H16N2O.C10H13ClN2O.2C10H14N2O.C9H11ClN2O/c1-7-8-18(6)15(19)12-9-13(16(2,3)4)11-14(10-12)17-5;1-14(2,3)11-7-10(13(17)16(5)6)8-12(9-11)15-4;1-13(2,3)9-15-12(16)10-6-5-7-11(8-10)14-4;1-4-13-11(14)10-7-9(12-3)6-5-8(10)2;1-12-9-5-7(4-8(11)6-9)10(14)13(2)3;1-7-4-8(10(13)12-3)6-9(5-7)11-2;1-11-10(13)8-5-4-6-9(7-8)12(2)3;1-11-8-4-6(9(13)12-2)3-7(10)5-8/h9-11,17H,7-8H2,1-6H3;7-9,15H,1-6H3;5-8,14H,9H2,1-4H3,(H,15,16);5-7,12H,4H2,1-3H3,(H,13,14);4-6,12H,1-3H3;4-6,11H,1-3H3,(H,12,13);4-7H,1-3H3,(H,11,13);3-5,11H,1-2H3,(H,12,13). The zero-order chi connectivity index (χ0) is 90.8. The molecule has 8 amide bonds. The number of carbonyl (C=O) groups is 8. The second kappa shape index (κ2) is 52.3. The van der Waals surface area contributed by atoms with Gasteiger partial charge in [0.25, 0.3) is 47.3 Å². The maximum atomic E-state index is 12.4. The monoisotopic (exact) mass is 1680 g/mol. The van der Waals surface area contributed by atoms with Gasteiger partial charge < -0.3 is 83.4 Å². The van der Waals surface area contributed by atoms with Gasteiger partial charge in [-0.25, -0.2) is 0 Å². The molecular weight excluding hydrogens is 1540 g/mol. The highest BCUT2D eigenvalue weighted by Crippen LogP contribution is 2.30. The first kappa shape index (κ1) is 106. The molecule has 12 N–H and O–H groups in total. The Morgan fingerprint density at radius 2 is 0.723 bits per heavy atom. The number of rotatable bonds is 20. The maximum absolute atomic E-state index is 12.4. The van der Waals surface area contributed by atoms with E-state index in [-0.39, 0.29) is 63.5 Å². The van der Waals surface area contributed by atoms with Crippen molar-refractivity contribution in [2.75, 3.05) is 182 Å². The van der Waals surface area contributed by atoms with Crippen LogP contribution in [0.2, 0.25) is 10.0 Å². The minimum Gasteiger partial charge on any atom is -0.388 e. The Morgan fingerprint density at radius 1 is 0.353 bits per heavy atom. The second-order valence-corrected chi connectivity index (χ2v) is 32.3. The molecule has 0 atom stereocenters. The van der Waals surface area contributed by atoms with E-state index in [9.17, 15) is 38.4 Å². The van der Waals surface area contributed by atoms with Gasteiger partial charge in [-0.05, 0) is 205 Å². The summed E-state index contributed by atoms with van der Waals surface area (Å²) in [5, 5.41) is 35.7. The van der Waals surface area contributed by atoms with Gasteiger partial charge in [0, 0.05) is 239 Å². The molecule has 8 aromatic carbocycles. The summed E-state index contributed by atoms with van der Waals surface area (Å²) in [6.45, 7) is 29.2. The van der Waals surface area contributed by atoms with Gasteiger partial charge in [0.2, 0.25) is 0 Å². The summed E-state index contributed by atoms with van der Waals surface area (Å²) in [6, 6.07) is 48.7. The minimum absolute atomic E-state index is 0.0119. The van der Waals surface area contributed by atoms with E-state index in [1.54, 1.807) is 116 Å². The Morgan fingerprint density at radius 3 is 1.13 bits per heavy atom. The Kier molecular flexibility index (Phi) is 46.4. The third-order valence-electron chi connectivity index (χ3n) is 17.5. The van der Waals surface area contributed by atoms with Crippen LogP contribution < -0.4 is 68.7 Å². The molecular formula is C93H136Cl2N16O8. The van der Waals surface area contributed by atoms with Crippen LogP contribution in [0, 0.1) is 19.3 Å². The fourth-order valence-electron chi connectivity index (χ4n) is 10.5. The van der Waals surface area contributed by atoms with Crippen LogP contribution >= 0.6 is 23.2 Å². The maximum Gasteiger partial charge on any atom is 0.253 e. The molecule has 0 radical (unpaired) electrons. The lowest BCUT2D eigenvalue weighted by Crippen LogP contribution is -2.32. The summed E-state index contributed by atoms with van der Waals surface area (Å²) in [4.78, 5) is 100. The van der Waals surface area contributed by atoms with Gasteiger partial charge in [-0.3, -0.25) is 38.4 Å². The van der Waals surface area contributed by atoms with Crippen molar-refractivity contribution >= 4 is 116 Å². The van der Waals surface area contributed by atoms with Crippen molar-refractivity contribution in [1.82, 2.24) is 41.3 Å². The van der Waals surface area contributed by atoms with Crippen LogP contribution in [0.1, 0.15) is 188 Å². The summed E-state index contributed by atoms with van der Waals surface area (Å²) in [5.74, 6) is -0.210. The highest BCUT2D eigenvalue weighted by atomic mass is 35.5. The van der Waals surface area contributed by atoms with Gasteiger partial charge in [-0.2, -0.15) is 0 Å². The van der Waals surface area contributed by atoms with Gasteiger partial charge in [0.05, 0.1) is 0 Å². The van der Waals surface area contributed by atoms with E-state index in [4.69, 9.17) is 23.2 Å². The van der Waals surface area contributed by atoms with Gasteiger partial charge in [0.15, 0.2) is 0 Å². The number of nitrogens with zero attached hydrogens (tertiary/aromatic N) is 4. The van der Waals surface area contributed by atoms with Crippen LogP contribution in [0.4, 0.5) is 45.5 Å². The molecule has 0 heterocycles. The number of aryl methyl sites for hydroxylation is 2. The molecule has 0 aliphatic rings. The van der Waals surface area contributed by atoms with Crippen molar-refractivity contribution in [2.24, 2.45) is 5.41 Å². The number of nitrogens with one attached hydrogen (secondary N) is 12. The number of hydrogen-bond acceptors (Lipinski definition) is 16. The summed E-state index contributed by atoms with van der Waals surface area (Å²) in [6.07, 6.45) is 0.972. The number of hydrogen-bond donors (Lipinski definition) is 12. The van der Waals surface area contributed by atoms with Crippen molar-refractivity contribution < 1.29 is 38.4 Å². The molecule has 8 aromatic rings. The Labute approximate surface area is 720 Å². The quantitative estimate of drug-likeness (QED) is 0.0338. The van der Waals surface area contributed by atoms with Gasteiger partial charge in [-0.1, -0.05) is 111 Å². The van der Waals surface area contributed by atoms with Crippen LogP contribution in [0.25, 0.3) is 0 Å². The fourth-order valence-corrected chi connectivity index (χ4v) is 11.0. The largest absolute Gasteiger partial charge is 0.388 e. The van der Waals surface area contributed by atoms with Crippen molar-refractivity contribution in [2.45, 2.75) is 107 Å². The predicted octanol–water partition coefficient (Wildman–Crippen LogP) is 16.9. The summed E-state index contributed by atoms with van der Waals surface area (Å²) >= 11 is 11.7. The first-order valence-electron chi connectivity index (χ1n) is 39.4. The SMILES string of the molecule is CCCN(C)C(=O)c1cc(NC)cc(C(C)(C)C)c1.CCNC(=O)c1cc(NC)ccc1C.CNC(=O)c1cc(C)cc(NC)c1.CNC(=O)c1cc(Cl)cc(NC)c1.CNC(=O)c1cccc(N(C)C)c1.CNc1cc(C(=O)N(C)C)cc(C(C)(C)C)c1.CNc1cc(Cl)cc(C(=O)N(C)C)c1.CNc1cccc(C(=O)NCC(C)(C)C)c1. The van der Waals surface area contributed by atoms with E-state index in [1.165, 1.54) is 10.5 Å². The van der Waals surface area contributed by atoms with Crippen LogP contribution in [0.15, 0.2) is 158 Å². The van der Waals surface area contributed by atoms with Crippen molar-refractivity contribution in [3.8, 4) is 0 Å². The zero-order valence-corrected chi connectivity index (χ0v) is 77.7. The van der Waals surface area contributed by atoms with Crippen LogP contribution in [-0.2, 0) is 10.8 Å². The smallest absolute Gasteiger partial charge is 0.253 e. The number of benzene rings is 8. The molecule has 0 unspecified atom stereocenters. The molecule has 119 heavy (non-hydrogen) atoms. The van der Waals surface area contributed by atoms with E-state index in [2.05, 4.69) is 145 Å². The predicted molar refractivity (Wildman–Crippen MR) is 503 cm³/mol. The highest BCUT2D eigenvalue weighted by molar-refractivity contribution is 6.31. The first-order valence-corrected chi connectivity index (χ1v) is 40.1. The lowest BCUT2D eigenvalue weighted by molar-refractivity contribution is 0.0792. The summed E-state index contributed by atoms with van der Waals surface area (Å²) in [7, 11) is 30.4. The van der Waals surface area contributed by atoms with Crippen LogP contribution in [-0.4, -0.2) is 201 Å².